The molecule has 4 aromatic rings. The van der Waals surface area contributed by atoms with Gasteiger partial charge in [-0.3, -0.25) is 14.3 Å². The average Bonchev–Trinajstić information content (AvgIpc) is 3.11. The van der Waals surface area contributed by atoms with Crippen molar-refractivity contribution < 1.29 is 0 Å². The molecule has 3 aromatic heterocycles. The van der Waals surface area contributed by atoms with Crippen molar-refractivity contribution in [3.05, 3.63) is 77.6 Å². The first kappa shape index (κ1) is 18.1. The Bertz CT molecular complexity index is 1180. The maximum atomic E-state index is 12.4. The van der Waals surface area contributed by atoms with E-state index in [0.29, 0.717) is 23.3 Å². The van der Waals surface area contributed by atoms with Crippen molar-refractivity contribution >= 4 is 22.7 Å². The van der Waals surface area contributed by atoms with Crippen LogP contribution in [0.3, 0.4) is 0 Å². The summed E-state index contributed by atoms with van der Waals surface area (Å²) in [6, 6.07) is 11.1. The smallest absolute Gasteiger partial charge is 0.258 e. The molecular weight excluding hydrogens is 372 g/mol. The first-order valence-corrected chi connectivity index (χ1v) is 9.65. The second-order valence-corrected chi connectivity index (χ2v) is 7.48. The molecule has 0 fully saturated rings. The fourth-order valence-electron chi connectivity index (χ4n) is 2.89. The van der Waals surface area contributed by atoms with Gasteiger partial charge in [0, 0.05) is 24.5 Å². The molecule has 0 saturated heterocycles. The van der Waals surface area contributed by atoms with Gasteiger partial charge in [-0.2, -0.15) is 0 Å². The predicted molar refractivity (Wildman–Crippen MR) is 110 cm³/mol. The maximum absolute atomic E-state index is 12.4. The number of fused-ring (bicyclic) bond motifs is 1. The van der Waals surface area contributed by atoms with Crippen molar-refractivity contribution in [1.29, 1.82) is 0 Å². The normalized spacial score (nSPS) is 12.2. The molecule has 0 unspecified atom stereocenters. The molecule has 28 heavy (non-hydrogen) atoms. The Morgan fingerprint density at radius 3 is 2.89 bits per heavy atom. The van der Waals surface area contributed by atoms with Gasteiger partial charge >= 0.3 is 0 Å². The Kier molecular flexibility index (Phi) is 5.03. The minimum atomic E-state index is -0.142. The van der Waals surface area contributed by atoms with Crippen LogP contribution in [0.5, 0.6) is 0 Å². The number of pyridine rings is 1. The van der Waals surface area contributed by atoms with Crippen molar-refractivity contribution in [2.75, 3.05) is 0 Å². The van der Waals surface area contributed by atoms with Crippen molar-refractivity contribution in [3.63, 3.8) is 0 Å². The molecule has 4 rings (SSSR count). The van der Waals surface area contributed by atoms with Crippen LogP contribution >= 0.6 is 11.8 Å². The summed E-state index contributed by atoms with van der Waals surface area (Å²) in [7, 11) is 0. The summed E-state index contributed by atoms with van der Waals surface area (Å²) < 4.78 is 1.98. The number of nitrogens with one attached hydrogen (secondary N) is 1. The quantitative estimate of drug-likeness (QED) is 0.400. The van der Waals surface area contributed by atoms with Gasteiger partial charge < -0.3 is 4.98 Å². The summed E-state index contributed by atoms with van der Waals surface area (Å²) in [5, 5.41) is 9.86. The van der Waals surface area contributed by atoms with E-state index < -0.39 is 0 Å². The van der Waals surface area contributed by atoms with E-state index in [9.17, 15) is 4.79 Å². The number of hydrogen-bond acceptors (Lipinski definition) is 6. The van der Waals surface area contributed by atoms with Crippen LogP contribution in [0.4, 0.5) is 0 Å². The first-order chi connectivity index (χ1) is 13.7. The lowest BCUT2D eigenvalue weighted by Gasteiger charge is -2.12. The summed E-state index contributed by atoms with van der Waals surface area (Å²) in [6.45, 7) is 6.38. The molecule has 1 aromatic carbocycles. The largest absolute Gasteiger partial charge is 0.309 e. The third-order valence-electron chi connectivity index (χ3n) is 4.25. The van der Waals surface area contributed by atoms with E-state index in [-0.39, 0.29) is 10.8 Å². The number of H-pyrrole nitrogens is 1. The summed E-state index contributed by atoms with van der Waals surface area (Å²) in [6.07, 6.45) is 5.27. The fourth-order valence-corrected chi connectivity index (χ4v) is 3.80. The van der Waals surface area contributed by atoms with Crippen molar-refractivity contribution in [2.45, 2.75) is 23.9 Å². The van der Waals surface area contributed by atoms with Gasteiger partial charge in [-0.25, -0.2) is 4.98 Å². The van der Waals surface area contributed by atoms with E-state index >= 15 is 0 Å². The number of nitrogens with zero attached hydrogens (tertiary/aromatic N) is 5. The molecule has 0 bridgehead atoms. The Hall–Kier alpha value is -3.26. The van der Waals surface area contributed by atoms with Gasteiger partial charge in [0.2, 0.25) is 0 Å². The summed E-state index contributed by atoms with van der Waals surface area (Å²) in [5.41, 5.74) is 1.42. The SMILES string of the molecule is C=CCn1c(S[C@H](C)c2nc3ccccc3c(=O)[nH]2)nnc1-c1cccnc1. The number of hydrogen-bond donors (Lipinski definition) is 1. The van der Waals surface area contributed by atoms with E-state index in [4.69, 9.17) is 0 Å². The van der Waals surface area contributed by atoms with E-state index in [0.717, 1.165) is 16.5 Å². The van der Waals surface area contributed by atoms with Gasteiger partial charge in [0.05, 0.1) is 16.2 Å². The van der Waals surface area contributed by atoms with Gasteiger partial charge in [0.25, 0.3) is 5.56 Å². The zero-order valence-corrected chi connectivity index (χ0v) is 16.1. The van der Waals surface area contributed by atoms with Crippen LogP contribution in [-0.4, -0.2) is 29.7 Å². The molecule has 140 valence electrons. The van der Waals surface area contributed by atoms with Crippen LogP contribution in [0.25, 0.3) is 22.3 Å². The highest BCUT2D eigenvalue weighted by molar-refractivity contribution is 7.99. The van der Waals surface area contributed by atoms with E-state index in [2.05, 4.69) is 31.7 Å². The summed E-state index contributed by atoms with van der Waals surface area (Å²) in [4.78, 5) is 24.0. The van der Waals surface area contributed by atoms with Crippen molar-refractivity contribution in [1.82, 2.24) is 29.7 Å². The molecule has 0 aliphatic carbocycles. The number of thioether (sulfide) groups is 1. The highest BCUT2D eigenvalue weighted by atomic mass is 32.2. The lowest BCUT2D eigenvalue weighted by Crippen LogP contribution is -2.13. The predicted octanol–water partition coefficient (Wildman–Crippen LogP) is 3.62. The van der Waals surface area contributed by atoms with E-state index in [1.807, 2.05) is 41.8 Å². The molecule has 3 heterocycles. The maximum Gasteiger partial charge on any atom is 0.258 e. The zero-order valence-electron chi connectivity index (χ0n) is 15.2. The molecule has 7 nitrogen and oxygen atoms in total. The van der Waals surface area contributed by atoms with E-state index in [1.165, 1.54) is 11.8 Å². The molecule has 1 atom stereocenters. The Morgan fingerprint density at radius 2 is 2.11 bits per heavy atom. The van der Waals surface area contributed by atoms with Crippen LogP contribution in [0, 0.1) is 0 Å². The third kappa shape index (κ3) is 3.46. The summed E-state index contributed by atoms with van der Waals surface area (Å²) >= 11 is 1.48. The standard InChI is InChI=1S/C20H18N6OS/c1-3-11-26-18(14-7-6-10-21-12-14)24-25-20(26)28-13(2)17-22-16-9-5-4-8-15(16)19(27)23-17/h3-10,12-13H,1,11H2,2H3,(H,22,23,27)/t13-/m1/s1. The van der Waals surface area contributed by atoms with Gasteiger partial charge in [0.1, 0.15) is 5.82 Å². The van der Waals surface area contributed by atoms with Gasteiger partial charge in [-0.15, -0.1) is 16.8 Å². The molecule has 0 spiro atoms. The van der Waals surface area contributed by atoms with Crippen molar-refractivity contribution in [3.8, 4) is 11.4 Å². The molecule has 1 N–H and O–H groups in total. The Balaban J connectivity index is 1.68. The Morgan fingerprint density at radius 1 is 1.25 bits per heavy atom. The van der Waals surface area contributed by atoms with Crippen LogP contribution < -0.4 is 5.56 Å². The topological polar surface area (TPSA) is 89.4 Å². The lowest BCUT2D eigenvalue weighted by molar-refractivity contribution is 0.727. The number of benzene rings is 1. The van der Waals surface area contributed by atoms with Crippen LogP contribution in [0.2, 0.25) is 0 Å². The lowest BCUT2D eigenvalue weighted by atomic mass is 10.2. The number of para-hydroxylation sites is 1. The fraction of sp³-hybridized carbons (Fsp3) is 0.150. The first-order valence-electron chi connectivity index (χ1n) is 8.77. The van der Waals surface area contributed by atoms with Gasteiger partial charge in [-0.1, -0.05) is 30.0 Å². The zero-order chi connectivity index (χ0) is 19.5. The number of aromatic amines is 1. The number of rotatable bonds is 6. The number of allylic oxidation sites excluding steroid dienone is 1. The van der Waals surface area contributed by atoms with Gasteiger partial charge in [0.15, 0.2) is 11.0 Å². The van der Waals surface area contributed by atoms with E-state index in [1.54, 1.807) is 24.5 Å². The summed E-state index contributed by atoms with van der Waals surface area (Å²) in [5.74, 6) is 1.33. The molecular formula is C20H18N6OS. The van der Waals surface area contributed by atoms with Gasteiger partial charge in [-0.05, 0) is 31.2 Å². The molecule has 0 amide bonds. The van der Waals surface area contributed by atoms with Crippen molar-refractivity contribution in [2.24, 2.45) is 0 Å². The molecule has 0 radical (unpaired) electrons. The number of aromatic nitrogens is 6. The minimum Gasteiger partial charge on any atom is -0.309 e. The highest BCUT2D eigenvalue weighted by Crippen LogP contribution is 2.33. The minimum absolute atomic E-state index is 0.119. The van der Waals surface area contributed by atoms with Crippen LogP contribution in [-0.2, 0) is 6.54 Å². The molecule has 0 aliphatic rings. The molecule has 8 heteroatoms. The average molecular weight is 390 g/mol. The third-order valence-corrected chi connectivity index (χ3v) is 5.34. The molecule has 0 saturated carbocycles. The second kappa shape index (κ2) is 7.77. The Labute approximate surface area is 165 Å². The monoisotopic (exact) mass is 390 g/mol. The van der Waals surface area contributed by atoms with Crippen LogP contribution in [0.1, 0.15) is 18.0 Å². The van der Waals surface area contributed by atoms with Crippen LogP contribution in [0.15, 0.2) is 71.4 Å². The second-order valence-electron chi connectivity index (χ2n) is 6.18. The molecule has 0 aliphatic heterocycles. The highest BCUT2D eigenvalue weighted by Gasteiger charge is 2.19.